The first-order chi connectivity index (χ1) is 65.3. The molecular formula is C96H106ClN17O14S6. The third-order valence-corrected chi connectivity index (χ3v) is 26.0. The third kappa shape index (κ3) is 24.8. The van der Waals surface area contributed by atoms with Crippen LogP contribution in [0.1, 0.15) is 181 Å². The van der Waals surface area contributed by atoms with Crippen LogP contribution in [0.25, 0.3) is 17.1 Å². The second-order valence-electron chi connectivity index (χ2n) is 29.9. The number of methoxy groups -OCH3 is 5. The fourth-order valence-corrected chi connectivity index (χ4v) is 18.5. The van der Waals surface area contributed by atoms with Crippen LogP contribution < -0.4 is 50.5 Å². The minimum Gasteiger partial charge on any atom is -0.496 e. The molecule has 0 amide bonds. The Morgan fingerprint density at radius 2 is 0.784 bits per heavy atom. The van der Waals surface area contributed by atoms with Crippen molar-refractivity contribution in [1.82, 2.24) is 64.4 Å². The van der Waals surface area contributed by atoms with Crippen LogP contribution in [0.4, 0.5) is 23.3 Å². The minimum atomic E-state index is -0.495. The van der Waals surface area contributed by atoms with E-state index in [1.807, 2.05) is 98.2 Å². The molecule has 0 radical (unpaired) electrons. The molecule has 0 saturated carbocycles. The van der Waals surface area contributed by atoms with E-state index in [1.54, 1.807) is 104 Å². The zero-order valence-corrected chi connectivity index (χ0v) is 82.3. The van der Waals surface area contributed by atoms with Gasteiger partial charge in [-0.25, -0.2) is 74.2 Å². The van der Waals surface area contributed by atoms with E-state index in [0.29, 0.717) is 96.4 Å². The van der Waals surface area contributed by atoms with Crippen molar-refractivity contribution in [3.63, 3.8) is 0 Å². The standard InChI is InChI=1S/C20H23N3O3S.C18H21N3O3S.C18H17N3O2S.C16H19N3O2S.C16H17N3O2S.C8H9ClN2O2S/c1-4-26-17(24)11-9-14-12-21-20(27-3)23-19(14)22-15-10-8-13-6-5-7-16(25-2)18(13)15;1-4-24-17(22)12-10-19-18(25-3)21-16(12)20-13-9-8-11-6-5-7-14(23-2)15(11)13;1-23-14-5-3-4-11-6-8-13(16(11)14)21-15(22)9-7-12-10-19-18(24-2)20-17(12)21;2*1-21-13-5-3-4-10-6-7-12(14(10)13)18-15-11(9-20)8-17-16(19-15)22-2;1-3-13-7(12)5-4-10-8(14-2)11-6(5)9/h5-7,9,11-12,15H,4,8,10H2,1-3H3,(H,21,22,23);5-7,10,13H,4,8-9H2,1-3H3,(H,19,20,21);3-5,7,9-10,13H,6,8H2,1-2H3;3-5,8,12,20H,6-7,9H2,1-2H3,(H,17,18,19);3-5,8-9,12H,6-7H2,1-2H3,(H,17,18,19);4H,3H2,1-2H3/b11-9+;;;;;. The number of anilines is 4. The normalized spacial score (nSPS) is 15.4. The molecule has 31 nitrogen and oxygen atoms in total. The molecule has 5 aliphatic rings. The molecule has 5 aliphatic carbocycles. The number of aliphatic hydroxyl groups excluding tert-OH is 1. The summed E-state index contributed by atoms with van der Waals surface area (Å²) in [6.45, 7) is 6.16. The van der Waals surface area contributed by atoms with Crippen molar-refractivity contribution in [2.24, 2.45) is 0 Å². The maximum Gasteiger partial charge on any atom is 0.343 e. The molecule has 5 aromatic carbocycles. The predicted octanol–water partition coefficient (Wildman–Crippen LogP) is 18.4. The fraction of sp³-hybridized carbons (Fsp3) is 0.344. The van der Waals surface area contributed by atoms with Gasteiger partial charge >= 0.3 is 17.9 Å². The molecule has 7 heterocycles. The summed E-state index contributed by atoms with van der Waals surface area (Å²) < 4.78 is 44.3. The van der Waals surface area contributed by atoms with Crippen LogP contribution in [0.15, 0.2) is 182 Å². The number of carbonyl (C=O) groups excluding carboxylic acids is 4. The van der Waals surface area contributed by atoms with Crippen LogP contribution in [0, 0.1) is 0 Å². The van der Waals surface area contributed by atoms with Crippen LogP contribution >= 0.6 is 82.2 Å². The highest BCUT2D eigenvalue weighted by molar-refractivity contribution is 7.99. The van der Waals surface area contributed by atoms with Gasteiger partial charge in [-0.2, -0.15) is 0 Å². The molecule has 0 spiro atoms. The number of nitrogens with one attached hydrogen (secondary N) is 4. The maximum atomic E-state index is 12.7. The van der Waals surface area contributed by atoms with Crippen molar-refractivity contribution in [2.75, 3.05) is 114 Å². The highest BCUT2D eigenvalue weighted by Gasteiger charge is 2.34. The van der Waals surface area contributed by atoms with E-state index >= 15 is 0 Å². The van der Waals surface area contributed by atoms with Gasteiger partial charge in [0.15, 0.2) is 37.2 Å². The summed E-state index contributed by atoms with van der Waals surface area (Å²) in [5, 5.41) is 28.1. The molecule has 0 aliphatic heterocycles. The van der Waals surface area contributed by atoms with Crippen molar-refractivity contribution in [2.45, 2.75) is 153 Å². The molecule has 0 fully saturated rings. The summed E-state index contributed by atoms with van der Waals surface area (Å²) in [4.78, 5) is 111. The van der Waals surface area contributed by atoms with Gasteiger partial charge in [-0.15, -0.1) is 0 Å². The van der Waals surface area contributed by atoms with Crippen molar-refractivity contribution in [3.05, 3.63) is 245 Å². The molecule has 134 heavy (non-hydrogen) atoms. The summed E-state index contributed by atoms with van der Waals surface area (Å²) >= 11 is 14.4. The third-order valence-electron chi connectivity index (χ3n) is 22.3. The van der Waals surface area contributed by atoms with Gasteiger partial charge < -0.3 is 64.3 Å². The molecule has 0 saturated heterocycles. The Morgan fingerprint density at radius 3 is 1.22 bits per heavy atom. The van der Waals surface area contributed by atoms with Crippen LogP contribution in [0.5, 0.6) is 28.7 Å². The lowest BCUT2D eigenvalue weighted by molar-refractivity contribution is -0.137. The molecular weight excluding hydrogens is 1840 g/mol. The number of thioether (sulfide) groups is 6. The predicted molar refractivity (Wildman–Crippen MR) is 529 cm³/mol. The zero-order chi connectivity index (χ0) is 95.3. The number of halogens is 1. The van der Waals surface area contributed by atoms with E-state index in [2.05, 4.69) is 111 Å². The molecule has 702 valence electrons. The van der Waals surface area contributed by atoms with Gasteiger partial charge in [0.2, 0.25) is 0 Å². The largest absolute Gasteiger partial charge is 0.496 e. The topological polar surface area (TPSA) is 387 Å². The smallest absolute Gasteiger partial charge is 0.343 e. The summed E-state index contributed by atoms with van der Waals surface area (Å²) in [6, 6.07) is 34.2. The van der Waals surface area contributed by atoms with Crippen molar-refractivity contribution < 1.29 is 62.2 Å². The van der Waals surface area contributed by atoms with Gasteiger partial charge in [-0.1, -0.05) is 143 Å². The number of nitrogens with zero attached hydrogens (tertiary/aromatic N) is 13. The second-order valence-corrected chi connectivity index (χ2v) is 34.9. The number of fused-ring (bicyclic) bond motifs is 6. The number of aliphatic hydroxyl groups is 1. The van der Waals surface area contributed by atoms with Gasteiger partial charge in [0.25, 0.3) is 5.56 Å². The van der Waals surface area contributed by atoms with E-state index in [4.69, 9.17) is 49.5 Å². The van der Waals surface area contributed by atoms with Crippen LogP contribution in [-0.2, 0) is 57.7 Å². The van der Waals surface area contributed by atoms with Crippen LogP contribution in [0.3, 0.4) is 0 Å². The number of aryl methyl sites for hydroxylation is 5. The summed E-state index contributed by atoms with van der Waals surface area (Å²) in [5.41, 5.74) is 15.2. The second kappa shape index (κ2) is 49.9. The first-order valence-corrected chi connectivity index (χ1v) is 50.7. The summed E-state index contributed by atoms with van der Waals surface area (Å²) in [5.74, 6) is 5.51. The average molecular weight is 1950 g/mol. The Hall–Kier alpha value is -11.8. The van der Waals surface area contributed by atoms with Crippen LogP contribution in [0.2, 0.25) is 5.15 Å². The number of carbonyl (C=O) groups is 4. The first-order valence-electron chi connectivity index (χ1n) is 43.0. The van der Waals surface area contributed by atoms with Crippen LogP contribution in [-0.4, -0.2) is 187 Å². The number of aromatic nitrogens is 13. The van der Waals surface area contributed by atoms with Crippen molar-refractivity contribution in [3.8, 4) is 28.7 Å². The van der Waals surface area contributed by atoms with E-state index < -0.39 is 11.9 Å². The minimum absolute atomic E-state index is 0.0314. The molecule has 12 aromatic rings. The summed E-state index contributed by atoms with van der Waals surface area (Å²) in [6.07, 6.45) is 34.5. The fourth-order valence-electron chi connectivity index (χ4n) is 16.2. The van der Waals surface area contributed by atoms with Gasteiger partial charge in [0.1, 0.15) is 73.9 Å². The number of pyridine rings is 1. The van der Waals surface area contributed by atoms with Gasteiger partial charge in [-0.3, -0.25) is 14.2 Å². The molecule has 38 heteroatoms. The Labute approximate surface area is 808 Å². The number of hydrogen-bond donors (Lipinski definition) is 5. The number of benzene rings is 5. The van der Waals surface area contributed by atoms with E-state index in [9.17, 15) is 29.1 Å². The SMILES string of the molecule is CCOC(=O)/C=C/c1cnc(SC)nc1NC1CCc2cccc(OC)c21.CCOC(=O)c1cnc(SC)nc1Cl.CCOC(=O)c1cnc(SC)nc1NC1CCc2cccc(OC)c21.COc1cccc2c1C(Nc1nc(SC)ncc1C=O)CC2.COc1cccc2c1C(Nc1nc(SC)ncc1CO)CC2.COc1cccc2c1C(n1c(=O)ccc3cnc(SC)nc31)CC2. The number of aldehydes is 1. The van der Waals surface area contributed by atoms with Gasteiger partial charge in [0, 0.05) is 93.7 Å². The number of rotatable bonds is 29. The lowest BCUT2D eigenvalue weighted by Gasteiger charge is -2.19. The highest BCUT2D eigenvalue weighted by atomic mass is 35.5. The molecule has 17 rings (SSSR count). The van der Waals surface area contributed by atoms with E-state index in [1.165, 1.54) is 128 Å². The molecule has 5 atom stereocenters. The maximum absolute atomic E-state index is 12.7. The summed E-state index contributed by atoms with van der Waals surface area (Å²) in [7, 11) is 8.41. The lowest BCUT2D eigenvalue weighted by atomic mass is 10.1. The quantitative estimate of drug-likeness (QED) is 0.00553. The Balaban J connectivity index is 0.000000146. The Morgan fingerprint density at radius 1 is 0.425 bits per heavy atom. The van der Waals surface area contributed by atoms with E-state index in [-0.39, 0.29) is 59.1 Å². The molecule has 5 unspecified atom stereocenters. The molecule has 5 N–H and O–H groups in total. The highest BCUT2D eigenvalue weighted by Crippen LogP contribution is 2.46. The van der Waals surface area contributed by atoms with Gasteiger partial charge in [-0.05, 0) is 193 Å². The van der Waals surface area contributed by atoms with Crippen molar-refractivity contribution in [1.29, 1.82) is 0 Å². The Kier molecular flexibility index (Phi) is 37.7. The number of ether oxygens (including phenoxy) is 8. The first kappa shape index (κ1) is 101. The zero-order valence-electron chi connectivity index (χ0n) is 76.7. The number of esters is 3. The average Bonchev–Trinajstić information content (AvgIpc) is 0.966. The van der Waals surface area contributed by atoms with Gasteiger partial charge in [0.05, 0.1) is 97.7 Å². The lowest BCUT2D eigenvalue weighted by Crippen LogP contribution is -2.25. The monoisotopic (exact) mass is 1950 g/mol. The molecule has 7 aromatic heterocycles. The molecule has 0 bridgehead atoms. The number of hydrogen-bond acceptors (Lipinski definition) is 36. The van der Waals surface area contributed by atoms with Crippen molar-refractivity contribution >= 4 is 147 Å². The van der Waals surface area contributed by atoms with E-state index in [0.717, 1.165) is 127 Å². The Bertz CT molecular complexity index is 6230.